The minimum absolute atomic E-state index is 0.0540. The van der Waals surface area contributed by atoms with Gasteiger partial charge in [-0.3, -0.25) is 4.79 Å². The van der Waals surface area contributed by atoms with Crippen molar-refractivity contribution < 1.29 is 9.32 Å². The van der Waals surface area contributed by atoms with Gasteiger partial charge in [-0.25, -0.2) is 0 Å². The molecule has 0 aliphatic carbocycles. The molecule has 0 aliphatic heterocycles. The molecule has 1 aromatic heterocycles. The summed E-state index contributed by atoms with van der Waals surface area (Å²) in [7, 11) is 0. The van der Waals surface area contributed by atoms with Gasteiger partial charge in [0.25, 0.3) is 5.91 Å². The molecule has 3 aromatic carbocycles. The Morgan fingerprint density at radius 3 is 2.19 bits per heavy atom. The summed E-state index contributed by atoms with van der Waals surface area (Å²) in [6.45, 7) is 2.49. The zero-order chi connectivity index (χ0) is 22.2. The number of thioether (sulfide) groups is 1. The molecule has 0 fully saturated rings. The van der Waals surface area contributed by atoms with Gasteiger partial charge in [-0.1, -0.05) is 78.0 Å². The van der Waals surface area contributed by atoms with Crippen molar-refractivity contribution in [3.05, 3.63) is 119 Å². The quantitative estimate of drug-likeness (QED) is 0.312. The molecule has 4 aromatic rings. The largest absolute Gasteiger partial charge is 0.360 e. The van der Waals surface area contributed by atoms with Gasteiger partial charge in [-0.15, -0.1) is 11.8 Å². The SMILES string of the molecule is Cc1cc(CSc2ccccc2C(=O)NCCC(c2ccccc2)c2ccccc2)on1. The molecule has 0 saturated carbocycles. The molecule has 4 nitrogen and oxygen atoms in total. The summed E-state index contributed by atoms with van der Waals surface area (Å²) in [5.74, 6) is 1.62. The Hall–Kier alpha value is -3.31. The first-order chi connectivity index (χ1) is 15.7. The lowest BCUT2D eigenvalue weighted by atomic mass is 9.88. The van der Waals surface area contributed by atoms with Gasteiger partial charge in [0.2, 0.25) is 0 Å². The summed E-state index contributed by atoms with van der Waals surface area (Å²) in [5.41, 5.74) is 4.06. The maximum Gasteiger partial charge on any atom is 0.252 e. The van der Waals surface area contributed by atoms with Crippen LogP contribution in [0.1, 0.15) is 45.3 Å². The number of carbonyl (C=O) groups excluding carboxylic acids is 1. The van der Waals surface area contributed by atoms with Crippen LogP contribution in [0.3, 0.4) is 0 Å². The van der Waals surface area contributed by atoms with Crippen molar-refractivity contribution >= 4 is 17.7 Å². The fourth-order valence-corrected chi connectivity index (χ4v) is 4.66. The van der Waals surface area contributed by atoms with Crippen LogP contribution in [0.25, 0.3) is 0 Å². The molecule has 0 radical (unpaired) electrons. The van der Waals surface area contributed by atoms with Crippen LogP contribution in [0.5, 0.6) is 0 Å². The van der Waals surface area contributed by atoms with Crippen LogP contribution < -0.4 is 5.32 Å². The lowest BCUT2D eigenvalue weighted by Crippen LogP contribution is -2.26. The third-order valence-corrected chi connectivity index (χ3v) is 6.40. The van der Waals surface area contributed by atoms with E-state index < -0.39 is 0 Å². The van der Waals surface area contributed by atoms with Crippen LogP contribution in [-0.2, 0) is 5.75 Å². The molecular formula is C27H26N2O2S. The summed E-state index contributed by atoms with van der Waals surface area (Å²) < 4.78 is 5.29. The number of aromatic nitrogens is 1. The first-order valence-electron chi connectivity index (χ1n) is 10.7. The zero-order valence-corrected chi connectivity index (χ0v) is 18.8. The lowest BCUT2D eigenvalue weighted by Gasteiger charge is -2.19. The Morgan fingerprint density at radius 2 is 1.56 bits per heavy atom. The van der Waals surface area contributed by atoms with Crippen molar-refractivity contribution in [1.82, 2.24) is 10.5 Å². The number of hydrogen-bond donors (Lipinski definition) is 1. The molecule has 32 heavy (non-hydrogen) atoms. The summed E-state index contributed by atoms with van der Waals surface area (Å²) >= 11 is 1.58. The molecule has 0 bridgehead atoms. The van der Waals surface area contributed by atoms with Crippen molar-refractivity contribution in [2.45, 2.75) is 29.9 Å². The van der Waals surface area contributed by atoms with Crippen molar-refractivity contribution in [3.63, 3.8) is 0 Å². The van der Waals surface area contributed by atoms with Gasteiger partial charge in [0.05, 0.1) is 17.0 Å². The average molecular weight is 443 g/mol. The van der Waals surface area contributed by atoms with Crippen molar-refractivity contribution in [3.8, 4) is 0 Å². The second-order valence-electron chi connectivity index (χ2n) is 7.64. The molecule has 1 amide bonds. The lowest BCUT2D eigenvalue weighted by molar-refractivity contribution is 0.0950. The van der Waals surface area contributed by atoms with Crippen molar-refractivity contribution in [2.75, 3.05) is 6.54 Å². The third kappa shape index (κ3) is 5.68. The summed E-state index contributed by atoms with van der Waals surface area (Å²) in [6, 6.07) is 30.5. The predicted molar refractivity (Wildman–Crippen MR) is 129 cm³/mol. The maximum absolute atomic E-state index is 13.0. The van der Waals surface area contributed by atoms with E-state index in [4.69, 9.17) is 4.52 Å². The van der Waals surface area contributed by atoms with E-state index in [9.17, 15) is 4.79 Å². The standard InChI is InChI=1S/C27H26N2O2S/c1-20-18-23(31-29-20)19-32-26-15-9-8-14-25(26)27(30)28-17-16-24(21-10-4-2-5-11-21)22-12-6-3-7-13-22/h2-15,18,24H,16-17,19H2,1H3,(H,28,30). The molecular weight excluding hydrogens is 416 g/mol. The average Bonchev–Trinajstić information content (AvgIpc) is 3.26. The maximum atomic E-state index is 13.0. The minimum atomic E-state index is -0.0540. The number of carbonyl (C=O) groups is 1. The molecule has 5 heteroatoms. The third-order valence-electron chi connectivity index (χ3n) is 5.30. The minimum Gasteiger partial charge on any atom is -0.360 e. The first-order valence-corrected chi connectivity index (χ1v) is 11.7. The summed E-state index contributed by atoms with van der Waals surface area (Å²) in [4.78, 5) is 13.9. The van der Waals surface area contributed by atoms with Crippen LogP contribution in [0.2, 0.25) is 0 Å². The molecule has 0 aliphatic rings. The van der Waals surface area contributed by atoms with E-state index in [1.165, 1.54) is 11.1 Å². The Kier molecular flexibility index (Phi) is 7.41. The van der Waals surface area contributed by atoms with Gasteiger partial charge in [-0.2, -0.15) is 0 Å². The molecule has 162 valence electrons. The van der Waals surface area contributed by atoms with E-state index in [1.54, 1.807) is 11.8 Å². The molecule has 0 saturated heterocycles. The van der Waals surface area contributed by atoms with E-state index in [2.05, 4.69) is 59.0 Å². The van der Waals surface area contributed by atoms with Gasteiger partial charge in [-0.05, 0) is 36.6 Å². The second-order valence-corrected chi connectivity index (χ2v) is 8.66. The van der Waals surface area contributed by atoms with Gasteiger partial charge < -0.3 is 9.84 Å². The van der Waals surface area contributed by atoms with Gasteiger partial charge >= 0.3 is 0 Å². The van der Waals surface area contributed by atoms with Gasteiger partial charge in [0.15, 0.2) is 0 Å². The highest BCUT2D eigenvalue weighted by atomic mass is 32.2. The van der Waals surface area contributed by atoms with Crippen LogP contribution in [-0.4, -0.2) is 17.6 Å². The highest BCUT2D eigenvalue weighted by Gasteiger charge is 2.16. The molecule has 0 spiro atoms. The van der Waals surface area contributed by atoms with Crippen LogP contribution in [0.4, 0.5) is 0 Å². The predicted octanol–water partition coefficient (Wildman–Crippen LogP) is 6.23. The Morgan fingerprint density at radius 1 is 0.938 bits per heavy atom. The van der Waals surface area contributed by atoms with Crippen molar-refractivity contribution in [2.24, 2.45) is 0 Å². The highest BCUT2D eigenvalue weighted by molar-refractivity contribution is 7.98. The number of amides is 1. The van der Waals surface area contributed by atoms with E-state index in [1.807, 2.05) is 49.4 Å². The van der Waals surface area contributed by atoms with E-state index in [0.29, 0.717) is 17.9 Å². The number of rotatable bonds is 9. The van der Waals surface area contributed by atoms with Crippen LogP contribution in [0, 0.1) is 6.92 Å². The van der Waals surface area contributed by atoms with Crippen LogP contribution in [0.15, 0.2) is 100 Å². The number of benzene rings is 3. The van der Waals surface area contributed by atoms with Crippen LogP contribution >= 0.6 is 11.8 Å². The fourth-order valence-electron chi connectivity index (χ4n) is 3.74. The number of hydrogen-bond acceptors (Lipinski definition) is 4. The van der Waals surface area contributed by atoms with Gasteiger partial charge in [0, 0.05) is 23.4 Å². The normalized spacial score (nSPS) is 10.9. The summed E-state index contributed by atoms with van der Waals surface area (Å²) in [6.07, 6.45) is 0.826. The smallest absolute Gasteiger partial charge is 0.252 e. The van der Waals surface area contributed by atoms with E-state index in [0.717, 1.165) is 22.8 Å². The summed E-state index contributed by atoms with van der Waals surface area (Å²) in [5, 5.41) is 7.05. The van der Waals surface area contributed by atoms with Gasteiger partial charge in [0.1, 0.15) is 5.76 Å². The van der Waals surface area contributed by atoms with E-state index >= 15 is 0 Å². The van der Waals surface area contributed by atoms with Crippen molar-refractivity contribution in [1.29, 1.82) is 0 Å². The topological polar surface area (TPSA) is 55.1 Å². The molecule has 1 N–H and O–H groups in total. The molecule has 4 rings (SSSR count). The highest BCUT2D eigenvalue weighted by Crippen LogP contribution is 2.28. The fraction of sp³-hybridized carbons (Fsp3) is 0.185. The molecule has 1 heterocycles. The second kappa shape index (κ2) is 10.8. The number of nitrogens with one attached hydrogen (secondary N) is 1. The number of nitrogens with zero attached hydrogens (tertiary/aromatic N) is 1. The Balaban J connectivity index is 1.41. The van der Waals surface area contributed by atoms with E-state index in [-0.39, 0.29) is 11.8 Å². The first kappa shape index (κ1) is 21.9. The molecule has 0 unspecified atom stereocenters. The Labute approximate surface area is 193 Å². The Bertz CT molecular complexity index is 1100. The monoisotopic (exact) mass is 442 g/mol. The zero-order valence-electron chi connectivity index (χ0n) is 18.0. The molecule has 0 atom stereocenters. The number of aryl methyl sites for hydroxylation is 1.